The van der Waals surface area contributed by atoms with Gasteiger partial charge in [-0.25, -0.2) is 0 Å². The molecule has 8 atom stereocenters. The predicted molar refractivity (Wildman–Crippen MR) is 120 cm³/mol. The monoisotopic (exact) mass is 400 g/mol. The van der Waals surface area contributed by atoms with Gasteiger partial charge in [-0.1, -0.05) is 63.8 Å². The Bertz CT molecular complexity index is 663. The lowest BCUT2D eigenvalue weighted by Crippen LogP contribution is -2.46. The van der Waals surface area contributed by atoms with Crippen LogP contribution >= 0.6 is 0 Å². The van der Waals surface area contributed by atoms with Crippen LogP contribution in [0.3, 0.4) is 0 Å². The van der Waals surface area contributed by atoms with Gasteiger partial charge in [-0.3, -0.25) is 0 Å². The van der Waals surface area contributed by atoms with Gasteiger partial charge in [0.1, 0.15) is 0 Å². The standard InChI is InChI=1S/C27H44O2/c1-18(17-28)6-5-7-19(2)23-10-11-24-22-9-8-20-16-21(29)12-14-26(20,3)25(22)13-15-27(23,24)4/h8-9,18-19,21,23-25,28-29H,5-7,10-17H2,1-4H3/t18?,19-,21+,23-,24+,25+,26+,27-/m1/s1. The molecule has 0 spiro atoms. The van der Waals surface area contributed by atoms with E-state index < -0.39 is 0 Å². The quantitative estimate of drug-likeness (QED) is 0.551. The van der Waals surface area contributed by atoms with E-state index >= 15 is 0 Å². The molecule has 0 aromatic carbocycles. The van der Waals surface area contributed by atoms with Crippen molar-refractivity contribution >= 4 is 0 Å². The number of fused-ring (bicyclic) bond motifs is 5. The van der Waals surface area contributed by atoms with Crippen molar-refractivity contribution in [1.82, 2.24) is 0 Å². The summed E-state index contributed by atoms with van der Waals surface area (Å²) in [4.78, 5) is 0. The maximum atomic E-state index is 10.2. The number of rotatable bonds is 6. The number of aliphatic hydroxyl groups is 2. The first-order valence-electron chi connectivity index (χ1n) is 12.5. The Morgan fingerprint density at radius 1 is 1.00 bits per heavy atom. The fourth-order valence-corrected chi connectivity index (χ4v) is 8.04. The van der Waals surface area contributed by atoms with Gasteiger partial charge in [-0.2, -0.15) is 0 Å². The van der Waals surface area contributed by atoms with Crippen molar-refractivity contribution in [3.8, 4) is 0 Å². The van der Waals surface area contributed by atoms with Gasteiger partial charge in [0.05, 0.1) is 6.10 Å². The molecule has 29 heavy (non-hydrogen) atoms. The van der Waals surface area contributed by atoms with Crippen LogP contribution in [0.1, 0.15) is 91.9 Å². The Hall–Kier alpha value is -0.600. The van der Waals surface area contributed by atoms with Gasteiger partial charge in [-0.15, -0.1) is 0 Å². The zero-order valence-electron chi connectivity index (χ0n) is 19.3. The Labute approximate surface area is 178 Å². The minimum atomic E-state index is -0.122. The Morgan fingerprint density at radius 2 is 1.79 bits per heavy atom. The van der Waals surface area contributed by atoms with Crippen molar-refractivity contribution in [2.24, 2.45) is 40.4 Å². The molecule has 2 N–H and O–H groups in total. The smallest absolute Gasteiger partial charge is 0.0578 e. The third kappa shape index (κ3) is 3.67. The fraction of sp³-hybridized carbons (Fsp3) is 0.852. The van der Waals surface area contributed by atoms with Gasteiger partial charge in [0.2, 0.25) is 0 Å². The topological polar surface area (TPSA) is 40.5 Å². The Kier molecular flexibility index (Phi) is 6.08. The van der Waals surface area contributed by atoms with Crippen LogP contribution < -0.4 is 0 Å². The van der Waals surface area contributed by atoms with Gasteiger partial charge in [0, 0.05) is 6.61 Å². The summed E-state index contributed by atoms with van der Waals surface area (Å²) in [5.41, 5.74) is 4.06. The molecular weight excluding hydrogens is 356 g/mol. The second kappa shape index (κ2) is 8.15. The highest BCUT2D eigenvalue weighted by molar-refractivity contribution is 5.38. The molecule has 2 nitrogen and oxygen atoms in total. The normalized spacial score (nSPS) is 43.5. The first kappa shape index (κ1) is 21.6. The first-order valence-corrected chi connectivity index (χ1v) is 12.5. The van der Waals surface area contributed by atoms with Gasteiger partial charge < -0.3 is 10.2 Å². The highest BCUT2D eigenvalue weighted by Gasteiger charge is 2.56. The molecule has 0 aromatic heterocycles. The van der Waals surface area contributed by atoms with Crippen LogP contribution in [0.2, 0.25) is 0 Å². The van der Waals surface area contributed by atoms with E-state index in [2.05, 4.69) is 39.8 Å². The fourth-order valence-electron chi connectivity index (χ4n) is 8.04. The van der Waals surface area contributed by atoms with E-state index in [-0.39, 0.29) is 6.10 Å². The van der Waals surface area contributed by atoms with Crippen LogP contribution in [-0.2, 0) is 0 Å². The third-order valence-corrected chi connectivity index (χ3v) is 9.97. The van der Waals surface area contributed by atoms with E-state index in [0.29, 0.717) is 29.3 Å². The second-order valence-electron chi connectivity index (χ2n) is 11.7. The van der Waals surface area contributed by atoms with Crippen LogP contribution in [0.25, 0.3) is 0 Å². The summed E-state index contributed by atoms with van der Waals surface area (Å²) in [6.07, 6.45) is 17.1. The molecule has 164 valence electrons. The lowest BCUT2D eigenvalue weighted by Gasteiger charge is -2.55. The highest BCUT2D eigenvalue weighted by Crippen LogP contribution is 2.66. The summed E-state index contributed by atoms with van der Waals surface area (Å²) in [7, 11) is 0. The molecule has 3 saturated carbocycles. The van der Waals surface area contributed by atoms with Crippen LogP contribution in [0, 0.1) is 40.4 Å². The van der Waals surface area contributed by atoms with Crippen molar-refractivity contribution in [1.29, 1.82) is 0 Å². The Balaban J connectivity index is 1.49. The molecule has 2 heteroatoms. The molecule has 0 heterocycles. The largest absolute Gasteiger partial charge is 0.396 e. The van der Waals surface area contributed by atoms with Gasteiger partial charge in [-0.05, 0) is 91.8 Å². The molecule has 4 aliphatic carbocycles. The van der Waals surface area contributed by atoms with Gasteiger partial charge in [0.15, 0.2) is 0 Å². The van der Waals surface area contributed by atoms with Gasteiger partial charge in [0.25, 0.3) is 0 Å². The van der Waals surface area contributed by atoms with Crippen molar-refractivity contribution in [3.63, 3.8) is 0 Å². The number of hydrogen-bond acceptors (Lipinski definition) is 2. The van der Waals surface area contributed by atoms with Crippen molar-refractivity contribution in [2.75, 3.05) is 6.61 Å². The minimum Gasteiger partial charge on any atom is -0.396 e. The zero-order valence-corrected chi connectivity index (χ0v) is 19.3. The van der Waals surface area contributed by atoms with Crippen LogP contribution in [-0.4, -0.2) is 22.9 Å². The predicted octanol–water partition coefficient (Wildman–Crippen LogP) is 6.28. The summed E-state index contributed by atoms with van der Waals surface area (Å²) in [6, 6.07) is 0. The van der Waals surface area contributed by atoms with E-state index in [4.69, 9.17) is 0 Å². The number of aliphatic hydroxyl groups excluding tert-OH is 2. The zero-order chi connectivity index (χ0) is 20.8. The first-order chi connectivity index (χ1) is 13.8. The average Bonchev–Trinajstić information content (AvgIpc) is 3.05. The van der Waals surface area contributed by atoms with Crippen molar-refractivity contribution < 1.29 is 10.2 Å². The SMILES string of the molecule is CC(CO)CCC[C@@H](C)[C@H]1CC[C@H]2C3=CC=C4C[C@@H](O)CC[C@]4(C)[C@H]3CC[C@]12C. The van der Waals surface area contributed by atoms with Crippen LogP contribution in [0.5, 0.6) is 0 Å². The summed E-state index contributed by atoms with van der Waals surface area (Å²) >= 11 is 0. The molecule has 0 aromatic rings. The molecule has 4 rings (SSSR count). The molecule has 0 saturated heterocycles. The lowest BCUT2D eigenvalue weighted by molar-refractivity contribution is 0.0321. The molecule has 0 aliphatic heterocycles. The molecule has 0 radical (unpaired) electrons. The highest BCUT2D eigenvalue weighted by atomic mass is 16.3. The van der Waals surface area contributed by atoms with E-state index in [1.807, 2.05) is 0 Å². The molecular formula is C27H44O2. The maximum absolute atomic E-state index is 10.2. The third-order valence-electron chi connectivity index (χ3n) is 9.97. The second-order valence-corrected chi connectivity index (χ2v) is 11.7. The van der Waals surface area contributed by atoms with E-state index in [1.165, 1.54) is 50.5 Å². The van der Waals surface area contributed by atoms with Crippen LogP contribution in [0.15, 0.2) is 23.3 Å². The molecule has 3 fully saturated rings. The van der Waals surface area contributed by atoms with Gasteiger partial charge >= 0.3 is 0 Å². The Morgan fingerprint density at radius 3 is 2.55 bits per heavy atom. The molecule has 0 bridgehead atoms. The van der Waals surface area contributed by atoms with E-state index in [0.717, 1.165) is 37.0 Å². The van der Waals surface area contributed by atoms with E-state index in [9.17, 15) is 10.2 Å². The maximum Gasteiger partial charge on any atom is 0.0578 e. The molecule has 0 amide bonds. The summed E-state index contributed by atoms with van der Waals surface area (Å²) < 4.78 is 0. The summed E-state index contributed by atoms with van der Waals surface area (Å²) in [6.45, 7) is 10.1. The average molecular weight is 401 g/mol. The summed E-state index contributed by atoms with van der Waals surface area (Å²) in [5.74, 6) is 3.58. The molecule has 4 aliphatic rings. The van der Waals surface area contributed by atoms with Crippen molar-refractivity contribution in [3.05, 3.63) is 23.3 Å². The molecule has 1 unspecified atom stereocenters. The minimum absolute atomic E-state index is 0.122. The van der Waals surface area contributed by atoms with Crippen molar-refractivity contribution in [2.45, 2.75) is 98.0 Å². The lowest BCUT2D eigenvalue weighted by atomic mass is 9.50. The number of allylic oxidation sites excluding steroid dienone is 3. The van der Waals surface area contributed by atoms with E-state index in [1.54, 1.807) is 5.57 Å². The number of hydrogen-bond donors (Lipinski definition) is 2. The summed E-state index contributed by atoms with van der Waals surface area (Å²) in [5, 5.41) is 19.5. The van der Waals surface area contributed by atoms with Crippen LogP contribution in [0.4, 0.5) is 0 Å².